The van der Waals surface area contributed by atoms with Crippen LogP contribution in [0.1, 0.15) is 11.1 Å². The molecule has 1 heterocycles. The molecule has 2 amide bonds. The van der Waals surface area contributed by atoms with Crippen LogP contribution in [0.25, 0.3) is 0 Å². The summed E-state index contributed by atoms with van der Waals surface area (Å²) in [6, 6.07) is 6.09. The Hall–Kier alpha value is -2.98. The summed E-state index contributed by atoms with van der Waals surface area (Å²) in [5.74, 6) is -0.539. The van der Waals surface area contributed by atoms with Gasteiger partial charge in [0, 0.05) is 37.6 Å². The monoisotopic (exact) mass is 435 g/mol. The summed E-state index contributed by atoms with van der Waals surface area (Å²) in [4.78, 5) is 15.0. The molecule has 0 bridgehead atoms. The highest BCUT2D eigenvalue weighted by Crippen LogP contribution is 2.38. The largest absolute Gasteiger partial charge is 0.416 e. The average molecular weight is 435 g/mol. The Bertz CT molecular complexity index is 887. The molecule has 1 fully saturated rings. The summed E-state index contributed by atoms with van der Waals surface area (Å²) < 4.78 is 91.4. The van der Waals surface area contributed by atoms with Gasteiger partial charge in [-0.3, -0.25) is 0 Å². The second kappa shape index (κ2) is 8.04. The quantitative estimate of drug-likeness (QED) is 0.657. The lowest BCUT2D eigenvalue weighted by Gasteiger charge is -2.36. The number of amides is 2. The molecule has 30 heavy (non-hydrogen) atoms. The number of benzene rings is 2. The number of rotatable bonds is 2. The highest BCUT2D eigenvalue weighted by atomic mass is 19.4. The van der Waals surface area contributed by atoms with Crippen molar-refractivity contribution in [2.75, 3.05) is 36.4 Å². The zero-order valence-electron chi connectivity index (χ0n) is 15.3. The normalized spacial score (nSPS) is 15.3. The van der Waals surface area contributed by atoms with Crippen LogP contribution in [-0.4, -0.2) is 37.1 Å². The number of nitrogens with one attached hydrogen (secondary N) is 1. The summed E-state index contributed by atoms with van der Waals surface area (Å²) in [6.07, 6.45) is -9.86. The van der Waals surface area contributed by atoms with Crippen molar-refractivity contribution in [3.8, 4) is 0 Å². The maximum absolute atomic E-state index is 13.2. The summed E-state index contributed by atoms with van der Waals surface area (Å²) in [5.41, 5.74) is -2.77. The number of hydrogen-bond acceptors (Lipinski definition) is 2. The molecule has 1 saturated heterocycles. The molecular formula is C19H16F7N3O. The number of nitrogens with zero attached hydrogens (tertiary/aromatic N) is 2. The van der Waals surface area contributed by atoms with E-state index in [0.29, 0.717) is 12.1 Å². The van der Waals surface area contributed by atoms with Crippen molar-refractivity contribution in [3.63, 3.8) is 0 Å². The molecule has 0 aromatic heterocycles. The zero-order valence-corrected chi connectivity index (χ0v) is 15.3. The van der Waals surface area contributed by atoms with Crippen LogP contribution < -0.4 is 10.2 Å². The molecule has 1 N–H and O–H groups in total. The molecular weight excluding hydrogens is 419 g/mol. The summed E-state index contributed by atoms with van der Waals surface area (Å²) >= 11 is 0. The zero-order chi connectivity index (χ0) is 22.1. The molecule has 1 aliphatic heterocycles. The first-order valence-corrected chi connectivity index (χ1v) is 8.79. The first-order chi connectivity index (χ1) is 13.9. The molecule has 2 aromatic carbocycles. The van der Waals surface area contributed by atoms with Gasteiger partial charge < -0.3 is 15.1 Å². The van der Waals surface area contributed by atoms with Gasteiger partial charge in [-0.25, -0.2) is 9.18 Å². The van der Waals surface area contributed by atoms with Crippen LogP contribution in [0.4, 0.5) is 46.9 Å². The lowest BCUT2D eigenvalue weighted by atomic mass is 10.1. The lowest BCUT2D eigenvalue weighted by Crippen LogP contribution is -2.50. The molecule has 0 aliphatic carbocycles. The predicted molar refractivity (Wildman–Crippen MR) is 95.7 cm³/mol. The molecule has 1 aliphatic rings. The number of halogens is 7. The number of anilines is 2. The van der Waals surface area contributed by atoms with E-state index in [2.05, 4.69) is 5.32 Å². The number of hydrogen-bond donors (Lipinski definition) is 1. The number of piperazine rings is 1. The van der Waals surface area contributed by atoms with Crippen LogP contribution in [-0.2, 0) is 12.4 Å². The van der Waals surface area contributed by atoms with Gasteiger partial charge in [-0.1, -0.05) is 6.07 Å². The van der Waals surface area contributed by atoms with Gasteiger partial charge in [0.25, 0.3) is 0 Å². The minimum absolute atomic E-state index is 0.0369. The average Bonchev–Trinajstić information content (AvgIpc) is 2.66. The minimum Gasteiger partial charge on any atom is -0.368 e. The third-order valence-corrected chi connectivity index (χ3v) is 4.58. The summed E-state index contributed by atoms with van der Waals surface area (Å²) in [5, 5.41) is 2.50. The van der Waals surface area contributed by atoms with Crippen molar-refractivity contribution in [2.45, 2.75) is 12.4 Å². The van der Waals surface area contributed by atoms with Crippen LogP contribution in [0.3, 0.4) is 0 Å². The smallest absolute Gasteiger partial charge is 0.368 e. The van der Waals surface area contributed by atoms with E-state index in [-0.39, 0.29) is 43.6 Å². The molecule has 11 heteroatoms. The molecule has 162 valence electrons. The molecule has 2 aromatic rings. The number of carbonyl (C=O) groups excluding carboxylic acids is 1. The van der Waals surface area contributed by atoms with Crippen LogP contribution in [0.5, 0.6) is 0 Å². The number of urea groups is 1. The van der Waals surface area contributed by atoms with E-state index in [1.165, 1.54) is 28.0 Å². The molecule has 4 nitrogen and oxygen atoms in total. The second-order valence-corrected chi connectivity index (χ2v) is 6.68. The highest BCUT2D eigenvalue weighted by Gasteiger charge is 2.37. The third-order valence-electron chi connectivity index (χ3n) is 4.58. The van der Waals surface area contributed by atoms with Gasteiger partial charge in [-0.15, -0.1) is 0 Å². The van der Waals surface area contributed by atoms with Crippen molar-refractivity contribution < 1.29 is 35.5 Å². The topological polar surface area (TPSA) is 35.6 Å². The maximum Gasteiger partial charge on any atom is 0.416 e. The van der Waals surface area contributed by atoms with Crippen molar-refractivity contribution in [1.82, 2.24) is 4.90 Å². The first kappa shape index (κ1) is 21.7. The van der Waals surface area contributed by atoms with Gasteiger partial charge in [0.1, 0.15) is 5.82 Å². The Morgan fingerprint density at radius 3 is 1.90 bits per heavy atom. The number of alkyl halides is 6. The predicted octanol–water partition coefficient (Wildman–Crippen LogP) is 5.22. The standard InChI is InChI=1S/C19H16F7N3O/c20-14-2-1-3-15(11-14)27-17(30)29-6-4-28(5-7-29)16-9-12(18(21,22)23)8-13(10-16)19(24,25)26/h1-3,8-11H,4-7H2,(H,27,30). The second-order valence-electron chi connectivity index (χ2n) is 6.68. The van der Waals surface area contributed by atoms with Crippen molar-refractivity contribution in [2.24, 2.45) is 0 Å². The van der Waals surface area contributed by atoms with E-state index < -0.39 is 35.3 Å². The van der Waals surface area contributed by atoms with Crippen molar-refractivity contribution in [3.05, 3.63) is 59.4 Å². The molecule has 0 spiro atoms. The van der Waals surface area contributed by atoms with Crippen LogP contribution in [0.15, 0.2) is 42.5 Å². The fourth-order valence-corrected chi connectivity index (χ4v) is 3.06. The van der Waals surface area contributed by atoms with Gasteiger partial charge >= 0.3 is 18.4 Å². The van der Waals surface area contributed by atoms with E-state index in [1.807, 2.05) is 0 Å². The molecule has 0 radical (unpaired) electrons. The molecule has 3 rings (SSSR count). The maximum atomic E-state index is 13.2. The van der Waals surface area contributed by atoms with E-state index >= 15 is 0 Å². The van der Waals surface area contributed by atoms with Crippen LogP contribution >= 0.6 is 0 Å². The van der Waals surface area contributed by atoms with E-state index in [0.717, 1.165) is 6.07 Å². The van der Waals surface area contributed by atoms with Gasteiger partial charge in [0.05, 0.1) is 11.1 Å². The van der Waals surface area contributed by atoms with Gasteiger partial charge in [-0.2, -0.15) is 26.3 Å². The SMILES string of the molecule is O=C(Nc1cccc(F)c1)N1CCN(c2cc(C(F)(F)F)cc(C(F)(F)F)c2)CC1. The lowest BCUT2D eigenvalue weighted by molar-refractivity contribution is -0.143. The van der Waals surface area contributed by atoms with Gasteiger partial charge in [0.15, 0.2) is 0 Å². The third kappa shape index (κ3) is 5.14. The van der Waals surface area contributed by atoms with Gasteiger partial charge in [-0.05, 0) is 36.4 Å². The van der Waals surface area contributed by atoms with Gasteiger partial charge in [0.2, 0.25) is 0 Å². The van der Waals surface area contributed by atoms with Crippen LogP contribution in [0, 0.1) is 5.82 Å². The Morgan fingerprint density at radius 2 is 1.40 bits per heavy atom. The van der Waals surface area contributed by atoms with E-state index in [1.54, 1.807) is 0 Å². The Labute approximate surface area is 166 Å². The summed E-state index contributed by atoms with van der Waals surface area (Å²) in [6.45, 7) is 0.210. The first-order valence-electron chi connectivity index (χ1n) is 8.79. The van der Waals surface area contributed by atoms with E-state index in [4.69, 9.17) is 0 Å². The fraction of sp³-hybridized carbons (Fsp3) is 0.316. The van der Waals surface area contributed by atoms with Crippen molar-refractivity contribution in [1.29, 1.82) is 0 Å². The fourth-order valence-electron chi connectivity index (χ4n) is 3.06. The van der Waals surface area contributed by atoms with Crippen molar-refractivity contribution >= 4 is 17.4 Å². The van der Waals surface area contributed by atoms with E-state index in [9.17, 15) is 35.5 Å². The van der Waals surface area contributed by atoms with Crippen LogP contribution in [0.2, 0.25) is 0 Å². The molecule has 0 saturated carbocycles. The molecule has 0 unspecified atom stereocenters. The Kier molecular flexibility index (Phi) is 5.82. The number of carbonyl (C=O) groups is 1. The molecule has 0 atom stereocenters. The minimum atomic E-state index is -4.93. The highest BCUT2D eigenvalue weighted by molar-refractivity contribution is 5.89. The Morgan fingerprint density at radius 1 is 0.833 bits per heavy atom. The Balaban J connectivity index is 1.72. The summed E-state index contributed by atoms with van der Waals surface area (Å²) in [7, 11) is 0.